The standard InChI is InChI=1S/C31H43N5O6.C26H35N5O4.C4H9F3O3SSi/c1-9-24-16-23-15-21(12-13-22(23)17-32-24)20(5)41-29(39)25-11-10-14-36(35-25)28(38)19(4)33-27(37)26(18(2)3)34-30(40)42-31(6,7)8;1-6-21-13-20-12-18(9-10-19(20)14-28-21)17(5)35-26(34)22-8-7-11-31(30-22)25(33)16(4)29-24(32)23(27)15(2)3;1-12(2,3)10-11(8,9)4(5,6)7/h9,12-13,15-20,25-26,35H,1,10-11,14H2,2-8H3,(H,33,37)(H,34,40);6,9-10,12-17,22-23,30H,1,7-8,11,27H2,2-5H3,(H,29,32);1-3H3/t19-,20+,25-,26-;16-,17+,22-,23-;/m00./s1. The Morgan fingerprint density at radius 3 is 1.43 bits per heavy atom. The third kappa shape index (κ3) is 22.6. The number of nitrogens with one attached hydrogen (secondary N) is 5. The van der Waals surface area contributed by atoms with Gasteiger partial charge in [-0.2, -0.15) is 21.6 Å². The van der Waals surface area contributed by atoms with E-state index in [1.807, 2.05) is 69.3 Å². The van der Waals surface area contributed by atoms with Crippen molar-refractivity contribution in [1.29, 1.82) is 0 Å². The predicted octanol–water partition coefficient (Wildman–Crippen LogP) is 8.18. The summed E-state index contributed by atoms with van der Waals surface area (Å²) in [6.07, 6.45) is 7.45. The number of alkyl halides is 3. The Morgan fingerprint density at radius 1 is 0.663 bits per heavy atom. The van der Waals surface area contributed by atoms with E-state index in [0.717, 1.165) is 44.1 Å². The Labute approximate surface area is 520 Å². The van der Waals surface area contributed by atoms with Gasteiger partial charge in [-0.15, -0.1) is 0 Å². The summed E-state index contributed by atoms with van der Waals surface area (Å²) in [6.45, 7) is 31.6. The van der Waals surface area contributed by atoms with Gasteiger partial charge in [0, 0.05) is 36.3 Å². The summed E-state index contributed by atoms with van der Waals surface area (Å²) in [6, 6.07) is 10.8. The lowest BCUT2D eigenvalue weighted by Gasteiger charge is -2.35. The average Bonchev–Trinajstić information content (AvgIpc) is 2.75. The van der Waals surface area contributed by atoms with Crippen LogP contribution in [-0.2, 0) is 57.0 Å². The molecule has 0 aliphatic carbocycles. The molecule has 5 amide bonds. The number of hydrazine groups is 2. The molecule has 0 radical (unpaired) electrons. The smallest absolute Gasteiger partial charge is 0.457 e. The van der Waals surface area contributed by atoms with Gasteiger partial charge in [-0.05, 0) is 164 Å². The first kappa shape index (κ1) is 74.1. The third-order valence-corrected chi connectivity index (χ3v) is 17.1. The molecule has 2 saturated heterocycles. The van der Waals surface area contributed by atoms with Gasteiger partial charge >= 0.3 is 33.7 Å². The molecule has 2 aliphatic rings. The zero-order chi connectivity index (χ0) is 67.1. The molecule has 23 nitrogen and oxygen atoms in total. The molecule has 89 heavy (non-hydrogen) atoms. The summed E-state index contributed by atoms with van der Waals surface area (Å²) in [7, 11) is -8.10. The topological polar surface area (TPSA) is 309 Å². The summed E-state index contributed by atoms with van der Waals surface area (Å²) < 4.78 is 76.5. The summed E-state index contributed by atoms with van der Waals surface area (Å²) in [5.41, 5.74) is 8.98. The monoisotopic (exact) mass is 1280 g/mol. The number of rotatable bonds is 19. The molecule has 4 heterocycles. The number of nitrogens with two attached hydrogens (primary N) is 1. The van der Waals surface area contributed by atoms with Crippen molar-refractivity contribution >= 4 is 93.8 Å². The van der Waals surface area contributed by atoms with Crippen molar-refractivity contribution in [2.75, 3.05) is 13.1 Å². The molecule has 2 fully saturated rings. The van der Waals surface area contributed by atoms with Crippen LogP contribution in [0.25, 0.3) is 33.7 Å². The zero-order valence-corrected chi connectivity index (χ0v) is 54.9. The number of fused-ring (bicyclic) bond motifs is 2. The van der Waals surface area contributed by atoms with Gasteiger partial charge in [-0.25, -0.2) is 15.6 Å². The highest BCUT2D eigenvalue weighted by Crippen LogP contribution is 2.29. The molecule has 7 N–H and O–H groups in total. The van der Waals surface area contributed by atoms with E-state index >= 15 is 0 Å². The van der Waals surface area contributed by atoms with Crippen LogP contribution >= 0.6 is 0 Å². The van der Waals surface area contributed by atoms with Gasteiger partial charge in [0.1, 0.15) is 48.0 Å². The maximum absolute atomic E-state index is 13.2. The number of hydrogen-bond donors (Lipinski definition) is 6. The Morgan fingerprint density at radius 2 is 1.08 bits per heavy atom. The molecule has 6 rings (SSSR count). The Bertz CT molecular complexity index is 3310. The molecule has 0 spiro atoms. The minimum Gasteiger partial charge on any atom is -0.457 e. The van der Waals surface area contributed by atoms with Gasteiger partial charge in [0.05, 0.1) is 17.4 Å². The van der Waals surface area contributed by atoms with Crippen LogP contribution in [0.2, 0.25) is 19.6 Å². The van der Waals surface area contributed by atoms with Gasteiger partial charge < -0.3 is 39.8 Å². The normalized spacial score (nSPS) is 17.6. The summed E-state index contributed by atoms with van der Waals surface area (Å²) in [4.78, 5) is 98.1. The van der Waals surface area contributed by atoms with Crippen molar-refractivity contribution in [2.24, 2.45) is 17.6 Å². The first-order valence-electron chi connectivity index (χ1n) is 29.2. The molecule has 0 saturated carbocycles. The molecular weight excluding hydrogens is 1200 g/mol. The van der Waals surface area contributed by atoms with E-state index in [1.165, 1.54) is 29.7 Å². The number of alkyl carbamates (subject to hydrolysis) is 1. The first-order valence-corrected chi connectivity index (χ1v) is 34.0. The van der Waals surface area contributed by atoms with Crippen LogP contribution in [0, 0.1) is 11.8 Å². The van der Waals surface area contributed by atoms with Crippen LogP contribution in [0.3, 0.4) is 0 Å². The number of pyridine rings is 2. The zero-order valence-electron chi connectivity index (χ0n) is 53.1. The number of aromatic nitrogens is 2. The van der Waals surface area contributed by atoms with Crippen LogP contribution in [0.15, 0.2) is 74.1 Å². The lowest BCUT2D eigenvalue weighted by molar-refractivity contribution is -0.158. The lowest BCUT2D eigenvalue weighted by Crippen LogP contribution is -2.61. The Balaban J connectivity index is 0.000000325. The van der Waals surface area contributed by atoms with Crippen molar-refractivity contribution < 1.29 is 73.2 Å². The predicted molar refractivity (Wildman–Crippen MR) is 334 cm³/mol. The maximum atomic E-state index is 13.2. The molecule has 2 aromatic heterocycles. The van der Waals surface area contributed by atoms with Crippen molar-refractivity contribution in [1.82, 2.24) is 46.8 Å². The van der Waals surface area contributed by atoms with Crippen LogP contribution in [0.1, 0.15) is 137 Å². The van der Waals surface area contributed by atoms with Crippen LogP contribution in [-0.4, -0.2) is 139 Å². The second kappa shape index (κ2) is 31.9. The quantitative estimate of drug-likeness (QED) is 0.0223. The van der Waals surface area contributed by atoms with Crippen molar-refractivity contribution in [2.45, 2.75) is 181 Å². The minimum atomic E-state index is -5.39. The fraction of sp³-hybridized carbons (Fsp3) is 0.525. The molecular formula is C61H87F3N10O13SSi. The number of nitrogens with zero attached hydrogens (tertiary/aromatic N) is 4. The highest BCUT2D eigenvalue weighted by atomic mass is 32.2. The van der Waals surface area contributed by atoms with Crippen molar-refractivity contribution in [3.05, 3.63) is 96.6 Å². The molecule has 2 aromatic carbocycles. The number of ether oxygens (including phenoxy) is 3. The molecule has 28 heteroatoms. The first-order chi connectivity index (χ1) is 41.2. The maximum Gasteiger partial charge on any atom is 0.522 e. The summed E-state index contributed by atoms with van der Waals surface area (Å²) in [5, 5.41) is 14.5. The van der Waals surface area contributed by atoms with E-state index in [1.54, 1.807) is 79.9 Å². The van der Waals surface area contributed by atoms with Crippen LogP contribution in [0.5, 0.6) is 0 Å². The fourth-order valence-corrected chi connectivity index (χ4v) is 11.8. The second-order valence-electron chi connectivity index (χ2n) is 24.3. The van der Waals surface area contributed by atoms with Gasteiger partial charge in [0.2, 0.25) is 20.1 Å². The van der Waals surface area contributed by atoms with Crippen molar-refractivity contribution in [3.8, 4) is 0 Å². The number of halogens is 3. The largest absolute Gasteiger partial charge is 0.522 e. The molecule has 2 aliphatic heterocycles. The van der Waals surface area contributed by atoms with E-state index in [9.17, 15) is 55.2 Å². The number of carbonyl (C=O) groups excluding carboxylic acids is 7. The number of esters is 2. The summed E-state index contributed by atoms with van der Waals surface area (Å²) in [5.74, 6) is -2.84. The SMILES string of the molecule is C=Cc1cc2cc([C@@H](C)OC(=O)[C@@H]3CCCN(C(=O)[C@H](C)NC(=O)[C@@H](N)C(C)C)N3)ccc2cn1.C=Cc1cc2cc([C@@H](C)OC(=O)[C@@H]3CCCN(C(=O)[C@H](C)NC(=O)[C@@H](NC(=O)OC(C)(C)C)C(C)C)N3)ccc2cn1.C[Si](C)(C)OS(=O)(=O)C(F)(F)F. The van der Waals surface area contributed by atoms with Gasteiger partial charge in [-0.1, -0.05) is 65.1 Å². The van der Waals surface area contributed by atoms with E-state index in [4.69, 9.17) is 19.9 Å². The Kier molecular flexibility index (Phi) is 26.5. The number of amides is 5. The van der Waals surface area contributed by atoms with Crippen LogP contribution in [0.4, 0.5) is 18.0 Å². The lowest BCUT2D eigenvalue weighted by atomic mass is 10.0. The molecule has 0 bridgehead atoms. The third-order valence-electron chi connectivity index (χ3n) is 13.7. The molecule has 4 aromatic rings. The van der Waals surface area contributed by atoms with E-state index in [0.29, 0.717) is 38.8 Å². The molecule has 490 valence electrons. The van der Waals surface area contributed by atoms with Gasteiger partial charge in [-0.3, -0.25) is 48.8 Å². The minimum absolute atomic E-state index is 0.0464. The molecule has 8 atom stereocenters. The average molecular weight is 1290 g/mol. The summed E-state index contributed by atoms with van der Waals surface area (Å²) >= 11 is 0. The van der Waals surface area contributed by atoms with Crippen LogP contribution < -0.4 is 32.5 Å². The number of benzene rings is 2. The molecule has 0 unspecified atom stereocenters. The van der Waals surface area contributed by atoms with Crippen molar-refractivity contribution in [3.63, 3.8) is 0 Å². The number of hydrogen-bond acceptors (Lipinski definition) is 18. The Hall–Kier alpha value is -7.37. The second-order valence-corrected chi connectivity index (χ2v) is 30.6. The van der Waals surface area contributed by atoms with Gasteiger partial charge in [0.15, 0.2) is 0 Å². The van der Waals surface area contributed by atoms with E-state index in [-0.39, 0.29) is 23.7 Å². The van der Waals surface area contributed by atoms with E-state index < -0.39 is 108 Å². The highest BCUT2D eigenvalue weighted by molar-refractivity contribution is 7.88. The fourth-order valence-electron chi connectivity index (χ4n) is 8.81. The highest BCUT2D eigenvalue weighted by Gasteiger charge is 2.49. The number of carbonyl (C=O) groups is 7. The van der Waals surface area contributed by atoms with Gasteiger partial charge in [0.25, 0.3) is 11.8 Å². The van der Waals surface area contributed by atoms with E-state index in [2.05, 4.69) is 53.8 Å².